The third-order valence-corrected chi connectivity index (χ3v) is 15.9. The van der Waals surface area contributed by atoms with Crippen LogP contribution < -0.4 is 5.32 Å². The van der Waals surface area contributed by atoms with E-state index in [-0.39, 0.29) is 12.8 Å². The molecule has 1 rings (SSSR count). The van der Waals surface area contributed by atoms with Gasteiger partial charge in [0, 0.05) is 0 Å². The highest BCUT2D eigenvalue weighted by Gasteiger charge is 2.44. The zero-order valence-corrected chi connectivity index (χ0v) is 50.0. The number of carbonyl (C=O) groups excluding carboxylic acids is 1. The fraction of sp³-hybridized carbons (Fsp3) is 0.894. The van der Waals surface area contributed by atoms with Crippen molar-refractivity contribution >= 4 is 5.91 Å². The minimum absolute atomic E-state index is 0.247. The van der Waals surface area contributed by atoms with E-state index in [4.69, 9.17) is 9.47 Å². The lowest BCUT2D eigenvalue weighted by molar-refractivity contribution is -0.303. The number of unbranched alkanes of at least 4 members (excludes halogenated alkanes) is 39. The number of amides is 1. The lowest BCUT2D eigenvalue weighted by Gasteiger charge is -2.40. The minimum Gasteiger partial charge on any atom is -0.394 e. The number of hydrogen-bond donors (Lipinski definition) is 8. The summed E-state index contributed by atoms with van der Waals surface area (Å²) in [5, 5.41) is 76.3. The van der Waals surface area contributed by atoms with Crippen LogP contribution in [0.5, 0.6) is 0 Å². The molecule has 11 nitrogen and oxygen atoms in total. The topological polar surface area (TPSA) is 189 Å². The SMILES string of the molecule is CCCCCCCCCCCCCC/C=C\CCCCCCCCCCCCCCC(O)C(=O)NC(COC1OC(CO)C(O)C(O)C1O)C(O)C(O)CCC/C=C/CC/C=C/CCCCCCCCCCCCCCC. The van der Waals surface area contributed by atoms with Crippen LogP contribution >= 0.6 is 0 Å². The van der Waals surface area contributed by atoms with Gasteiger partial charge in [-0.25, -0.2) is 0 Å². The molecule has 1 saturated heterocycles. The second-order valence-electron chi connectivity index (χ2n) is 23.2. The summed E-state index contributed by atoms with van der Waals surface area (Å²) in [6.45, 7) is 3.48. The molecule has 454 valence electrons. The third kappa shape index (κ3) is 42.8. The molecule has 1 aliphatic rings. The Labute approximate surface area is 473 Å². The summed E-state index contributed by atoms with van der Waals surface area (Å²) in [6, 6.07) is -1.19. The van der Waals surface area contributed by atoms with E-state index in [2.05, 4.69) is 55.6 Å². The number of allylic oxidation sites excluding steroid dienone is 6. The molecule has 1 heterocycles. The second kappa shape index (κ2) is 54.9. The largest absolute Gasteiger partial charge is 0.394 e. The Balaban J connectivity index is 2.26. The molecular weight excluding hydrogens is 967 g/mol. The van der Waals surface area contributed by atoms with Crippen LogP contribution in [-0.2, 0) is 14.3 Å². The van der Waals surface area contributed by atoms with Crippen LogP contribution in [0.4, 0.5) is 0 Å². The molecule has 0 bridgehead atoms. The molecule has 0 radical (unpaired) electrons. The molecule has 1 fully saturated rings. The van der Waals surface area contributed by atoms with Crippen molar-refractivity contribution in [3.8, 4) is 0 Å². The standard InChI is InChI=1S/C66H125NO10/c1-3-5-7-9-11-13-15-17-19-21-23-25-27-28-29-30-31-32-34-36-38-40-42-44-46-48-50-52-54-59(70)65(75)67-57(56-76-66-64(74)63(73)62(72)60(55-68)77-66)61(71)58(69)53-51-49-47-45-43-41-39-37-35-33-26-24-22-20-18-16-14-12-10-8-6-4-2/h28-29,37,39,45,47,57-64,66,68-74H,3-27,30-36,38,40-44,46,48-56H2,1-2H3,(H,67,75)/b29-28-,39-37+,47-45+. The quantitative estimate of drug-likeness (QED) is 0.0215. The van der Waals surface area contributed by atoms with Gasteiger partial charge in [-0.3, -0.25) is 4.79 Å². The van der Waals surface area contributed by atoms with Crippen LogP contribution in [0, 0.1) is 0 Å². The molecule has 0 spiro atoms. The summed E-state index contributed by atoms with van der Waals surface area (Å²) >= 11 is 0. The van der Waals surface area contributed by atoms with Crippen molar-refractivity contribution in [1.29, 1.82) is 0 Å². The number of hydrogen-bond acceptors (Lipinski definition) is 10. The highest BCUT2D eigenvalue weighted by atomic mass is 16.7. The average Bonchev–Trinajstić information content (AvgIpc) is 3.43. The molecule has 0 aromatic carbocycles. The fourth-order valence-corrected chi connectivity index (χ4v) is 10.6. The van der Waals surface area contributed by atoms with Gasteiger partial charge in [-0.05, 0) is 77.0 Å². The number of aliphatic hydroxyl groups excluding tert-OH is 7. The first kappa shape index (κ1) is 73.3. The molecule has 8 N–H and O–H groups in total. The highest BCUT2D eigenvalue weighted by Crippen LogP contribution is 2.24. The van der Waals surface area contributed by atoms with E-state index in [9.17, 15) is 40.5 Å². The highest BCUT2D eigenvalue weighted by molar-refractivity contribution is 5.80. The van der Waals surface area contributed by atoms with Gasteiger partial charge < -0.3 is 50.5 Å². The minimum atomic E-state index is -1.67. The number of rotatable bonds is 57. The first-order chi connectivity index (χ1) is 37.7. The zero-order chi connectivity index (χ0) is 56.1. The molecule has 11 heteroatoms. The molecule has 0 aromatic rings. The molecule has 9 unspecified atom stereocenters. The second-order valence-corrected chi connectivity index (χ2v) is 23.2. The molecule has 9 atom stereocenters. The number of carbonyl (C=O) groups is 1. The van der Waals surface area contributed by atoms with Crippen molar-refractivity contribution < 1.29 is 50.0 Å². The van der Waals surface area contributed by atoms with Crippen molar-refractivity contribution in [2.45, 2.75) is 364 Å². The van der Waals surface area contributed by atoms with Gasteiger partial charge in [0.15, 0.2) is 6.29 Å². The van der Waals surface area contributed by atoms with Crippen molar-refractivity contribution in [3.05, 3.63) is 36.5 Å². The van der Waals surface area contributed by atoms with Crippen molar-refractivity contribution in [3.63, 3.8) is 0 Å². The van der Waals surface area contributed by atoms with Gasteiger partial charge in [-0.2, -0.15) is 0 Å². The Kier molecular flexibility index (Phi) is 52.3. The predicted octanol–water partition coefficient (Wildman–Crippen LogP) is 15.0. The first-order valence-electron chi connectivity index (χ1n) is 32.9. The smallest absolute Gasteiger partial charge is 0.249 e. The summed E-state index contributed by atoms with van der Waals surface area (Å²) in [7, 11) is 0. The maximum atomic E-state index is 13.2. The van der Waals surface area contributed by atoms with E-state index >= 15 is 0 Å². The fourth-order valence-electron chi connectivity index (χ4n) is 10.6. The van der Waals surface area contributed by atoms with E-state index in [1.165, 1.54) is 225 Å². The van der Waals surface area contributed by atoms with E-state index in [1.54, 1.807) is 0 Å². The summed E-state index contributed by atoms with van der Waals surface area (Å²) in [5.41, 5.74) is 0. The predicted molar refractivity (Wildman–Crippen MR) is 321 cm³/mol. The lowest BCUT2D eigenvalue weighted by Crippen LogP contribution is -2.60. The Hall–Kier alpha value is -1.67. The Bertz CT molecular complexity index is 1350. The Morgan fingerprint density at radius 3 is 1.16 bits per heavy atom. The van der Waals surface area contributed by atoms with Crippen molar-refractivity contribution in [1.82, 2.24) is 5.32 Å². The van der Waals surface area contributed by atoms with Gasteiger partial charge in [0.25, 0.3) is 0 Å². The molecular formula is C66H125NO10. The molecule has 1 amide bonds. The Morgan fingerprint density at radius 1 is 0.442 bits per heavy atom. The third-order valence-electron chi connectivity index (χ3n) is 15.9. The molecule has 0 saturated carbocycles. The normalized spacial score (nSPS) is 19.7. The van der Waals surface area contributed by atoms with E-state index in [1.807, 2.05) is 0 Å². The summed E-state index contributed by atoms with van der Waals surface area (Å²) < 4.78 is 11.2. The lowest BCUT2D eigenvalue weighted by atomic mass is 9.98. The number of aliphatic hydroxyl groups is 7. The Morgan fingerprint density at radius 2 is 0.779 bits per heavy atom. The van der Waals surface area contributed by atoms with Crippen LogP contribution in [0.25, 0.3) is 0 Å². The summed E-state index contributed by atoms with van der Waals surface area (Å²) in [4.78, 5) is 13.2. The van der Waals surface area contributed by atoms with Crippen LogP contribution in [-0.4, -0.2) is 110 Å². The van der Waals surface area contributed by atoms with Crippen LogP contribution in [0.3, 0.4) is 0 Å². The summed E-state index contributed by atoms with van der Waals surface area (Å²) in [5.74, 6) is -0.707. The molecule has 0 aliphatic carbocycles. The van der Waals surface area contributed by atoms with Crippen LogP contribution in [0.1, 0.15) is 309 Å². The van der Waals surface area contributed by atoms with E-state index < -0.39 is 74.2 Å². The van der Waals surface area contributed by atoms with Crippen molar-refractivity contribution in [2.24, 2.45) is 0 Å². The van der Waals surface area contributed by atoms with E-state index in [0.29, 0.717) is 19.3 Å². The molecule has 1 aliphatic heterocycles. The van der Waals surface area contributed by atoms with Gasteiger partial charge in [-0.1, -0.05) is 269 Å². The van der Waals surface area contributed by atoms with Crippen LogP contribution in [0.15, 0.2) is 36.5 Å². The van der Waals surface area contributed by atoms with Crippen LogP contribution in [0.2, 0.25) is 0 Å². The molecule has 77 heavy (non-hydrogen) atoms. The zero-order valence-electron chi connectivity index (χ0n) is 50.0. The van der Waals surface area contributed by atoms with Gasteiger partial charge >= 0.3 is 0 Å². The monoisotopic (exact) mass is 1090 g/mol. The average molecular weight is 1090 g/mol. The first-order valence-corrected chi connectivity index (χ1v) is 32.9. The van der Waals surface area contributed by atoms with E-state index in [0.717, 1.165) is 38.5 Å². The van der Waals surface area contributed by atoms with Crippen molar-refractivity contribution in [2.75, 3.05) is 13.2 Å². The molecule has 0 aromatic heterocycles. The van der Waals surface area contributed by atoms with Gasteiger partial charge in [0.1, 0.15) is 36.6 Å². The number of ether oxygens (including phenoxy) is 2. The summed E-state index contributed by atoms with van der Waals surface area (Å²) in [6.07, 6.45) is 57.9. The van der Waals surface area contributed by atoms with Gasteiger partial charge in [-0.15, -0.1) is 0 Å². The van der Waals surface area contributed by atoms with Gasteiger partial charge in [0.2, 0.25) is 5.91 Å². The number of nitrogens with one attached hydrogen (secondary N) is 1. The van der Waals surface area contributed by atoms with Gasteiger partial charge in [0.05, 0.1) is 25.4 Å². The maximum absolute atomic E-state index is 13.2. The maximum Gasteiger partial charge on any atom is 0.249 e.